The molecule has 264 valence electrons. The number of hydrogen-bond donors (Lipinski definition) is 1. The molecule has 6 nitrogen and oxygen atoms in total. The summed E-state index contributed by atoms with van der Waals surface area (Å²) in [5.41, 5.74) is 10.0. The van der Waals surface area contributed by atoms with Gasteiger partial charge in [0.05, 0.1) is 39.4 Å². The van der Waals surface area contributed by atoms with Gasteiger partial charge in [-0.25, -0.2) is 0 Å². The van der Waals surface area contributed by atoms with E-state index in [1.165, 1.54) is 39.4 Å². The van der Waals surface area contributed by atoms with Crippen LogP contribution in [0.3, 0.4) is 0 Å². The average molecular weight is 688 g/mol. The Balaban J connectivity index is 1.53. The summed E-state index contributed by atoms with van der Waals surface area (Å²) in [5.74, 6) is 2.24. The number of anilines is 1. The molecule has 0 atom stereocenters. The summed E-state index contributed by atoms with van der Waals surface area (Å²) in [5, 5.41) is 10.9. The largest absolute Gasteiger partial charge is 0.496 e. The van der Waals surface area contributed by atoms with Gasteiger partial charge in [-0.2, -0.15) is 4.58 Å². The summed E-state index contributed by atoms with van der Waals surface area (Å²) in [6.07, 6.45) is 16.4. The molecule has 1 N–H and O–H groups in total. The van der Waals surface area contributed by atoms with E-state index in [0.717, 1.165) is 91.6 Å². The fraction of sp³-hybridized carbons (Fsp3) is 0.500. The smallest absolute Gasteiger partial charge is 0.213 e. The molecule has 7 heteroatoms. The Labute approximate surface area is 299 Å². The number of halogens is 1. The van der Waals surface area contributed by atoms with Gasteiger partial charge in [0.1, 0.15) is 12.3 Å². The van der Waals surface area contributed by atoms with Crippen LogP contribution in [0.4, 0.5) is 11.4 Å². The Morgan fingerprint density at radius 2 is 1.51 bits per heavy atom. The van der Waals surface area contributed by atoms with Crippen molar-refractivity contribution in [3.05, 3.63) is 87.1 Å². The lowest BCUT2D eigenvalue weighted by atomic mass is 9.81. The second-order valence-electron chi connectivity index (χ2n) is 14.5. The van der Waals surface area contributed by atoms with Gasteiger partial charge in [-0.05, 0) is 80.5 Å². The number of rotatable bonds is 13. The van der Waals surface area contributed by atoms with Crippen molar-refractivity contribution in [2.75, 3.05) is 39.3 Å². The number of hydrogen-bond acceptors (Lipinski definition) is 5. The predicted octanol–water partition coefficient (Wildman–Crippen LogP) is 10.0. The number of benzene rings is 2. The fourth-order valence-corrected chi connectivity index (χ4v) is 8.04. The molecule has 3 aliphatic rings. The molecule has 0 unspecified atom stereocenters. The van der Waals surface area contributed by atoms with Crippen LogP contribution in [-0.4, -0.2) is 49.8 Å². The predicted molar refractivity (Wildman–Crippen MR) is 204 cm³/mol. The van der Waals surface area contributed by atoms with Crippen LogP contribution in [0.15, 0.2) is 70.4 Å². The van der Waals surface area contributed by atoms with Crippen molar-refractivity contribution < 1.29 is 23.9 Å². The normalized spacial score (nSPS) is 19.8. The van der Waals surface area contributed by atoms with Crippen molar-refractivity contribution in [1.29, 1.82) is 0 Å². The highest BCUT2D eigenvalue weighted by molar-refractivity contribution is 6.32. The highest BCUT2D eigenvalue weighted by atomic mass is 35.5. The minimum absolute atomic E-state index is 0.0561. The van der Waals surface area contributed by atoms with Gasteiger partial charge < -0.3 is 24.2 Å². The molecule has 2 heterocycles. The van der Waals surface area contributed by atoms with E-state index in [2.05, 4.69) is 99.6 Å². The van der Waals surface area contributed by atoms with Crippen molar-refractivity contribution in [3.8, 4) is 17.2 Å². The maximum Gasteiger partial charge on any atom is 0.213 e. The topological polar surface area (TPSA) is 54.2 Å². The molecule has 0 bridgehead atoms. The maximum absolute atomic E-state index is 10.1. The molecule has 0 spiro atoms. The molecule has 0 fully saturated rings. The second kappa shape index (κ2) is 15.2. The zero-order valence-corrected chi connectivity index (χ0v) is 31.9. The number of aliphatic hydroxyl groups is 1. The van der Waals surface area contributed by atoms with Crippen molar-refractivity contribution in [2.24, 2.45) is 0 Å². The first-order valence-electron chi connectivity index (χ1n) is 18.0. The first-order valence-corrected chi connectivity index (χ1v) is 18.4. The molecule has 5 rings (SSSR count). The van der Waals surface area contributed by atoms with Crippen molar-refractivity contribution in [3.63, 3.8) is 0 Å². The number of ether oxygens (including phenoxy) is 3. The second-order valence-corrected chi connectivity index (χ2v) is 14.9. The van der Waals surface area contributed by atoms with Crippen molar-refractivity contribution >= 4 is 28.7 Å². The maximum atomic E-state index is 10.1. The quantitative estimate of drug-likeness (QED) is 0.213. The third kappa shape index (κ3) is 6.83. The van der Waals surface area contributed by atoms with Gasteiger partial charge in [-0.1, -0.05) is 64.3 Å². The van der Waals surface area contributed by atoms with E-state index in [0.29, 0.717) is 0 Å². The summed E-state index contributed by atoms with van der Waals surface area (Å²) in [6, 6.07) is 8.48. The fourth-order valence-electron chi connectivity index (χ4n) is 7.73. The summed E-state index contributed by atoms with van der Waals surface area (Å²) >= 11 is 7.26. The molecule has 0 saturated heterocycles. The first kappa shape index (κ1) is 36.8. The lowest BCUT2D eigenvalue weighted by Crippen LogP contribution is -2.28. The Morgan fingerprint density at radius 1 is 0.837 bits per heavy atom. The van der Waals surface area contributed by atoms with Crippen LogP contribution < -0.4 is 19.1 Å². The highest BCUT2D eigenvalue weighted by Crippen LogP contribution is 2.50. The molecule has 2 aliphatic heterocycles. The minimum atomic E-state index is -0.234. The molecule has 2 aromatic rings. The summed E-state index contributed by atoms with van der Waals surface area (Å²) in [4.78, 5) is 2.43. The monoisotopic (exact) mass is 687 g/mol. The SMILES string of the molecule is CCCCN1/C(=C\C=C2/CCCC(/C=C/C3=[N+](CCCC)c4cc(OC)c(OC)cc4C3(C)C)=C2Cl)C(C)(C)c2cc(OC)c(CO)cc21. The number of allylic oxidation sites excluding steroid dienone is 8. The number of fused-ring (bicyclic) bond motifs is 2. The van der Waals surface area contributed by atoms with Crippen LogP contribution in [0, 0.1) is 0 Å². The molecule has 0 aromatic heterocycles. The lowest BCUT2D eigenvalue weighted by molar-refractivity contribution is -0.438. The van der Waals surface area contributed by atoms with Crippen LogP contribution in [0.2, 0.25) is 0 Å². The number of methoxy groups -OCH3 is 3. The van der Waals surface area contributed by atoms with Crippen LogP contribution in [-0.2, 0) is 17.4 Å². The lowest BCUT2D eigenvalue weighted by Gasteiger charge is -2.27. The zero-order chi connectivity index (χ0) is 35.5. The molecule has 2 aromatic carbocycles. The number of unbranched alkanes of at least 4 members (excludes halogenated alkanes) is 2. The molecule has 1 aliphatic carbocycles. The molecular weight excluding hydrogens is 632 g/mol. The van der Waals surface area contributed by atoms with E-state index >= 15 is 0 Å². The van der Waals surface area contributed by atoms with E-state index in [4.69, 9.17) is 25.8 Å². The summed E-state index contributed by atoms with van der Waals surface area (Å²) < 4.78 is 19.5. The molecular formula is C42H56ClN2O4+. The van der Waals surface area contributed by atoms with Gasteiger partial charge in [-0.15, -0.1) is 0 Å². The van der Waals surface area contributed by atoms with Gasteiger partial charge in [0.2, 0.25) is 5.69 Å². The van der Waals surface area contributed by atoms with Gasteiger partial charge in [0.15, 0.2) is 17.2 Å². The van der Waals surface area contributed by atoms with E-state index in [1.807, 2.05) is 0 Å². The zero-order valence-electron chi connectivity index (χ0n) is 31.1. The molecule has 0 amide bonds. The standard InChI is InChI=1S/C42H56ClN2O4/c1-10-12-21-44-33-23-30(27-46)35(47-7)24-31(33)41(3,4)38(44)19-17-28-15-14-16-29(40(28)43)18-20-39-42(5,6)32-25-36(48-8)37(49-9)26-34(32)45(39)22-13-11-2/h17-20,23-26,46H,10-16,21-22,27H2,1-9H3/q+1. The Bertz CT molecular complexity index is 1730. The van der Waals surface area contributed by atoms with E-state index in [9.17, 15) is 5.11 Å². The Morgan fingerprint density at radius 3 is 2.16 bits per heavy atom. The van der Waals surface area contributed by atoms with E-state index < -0.39 is 0 Å². The molecule has 49 heavy (non-hydrogen) atoms. The minimum Gasteiger partial charge on any atom is -0.496 e. The number of nitrogens with zero attached hydrogens (tertiary/aromatic N) is 2. The Kier molecular flexibility index (Phi) is 11.4. The first-order chi connectivity index (χ1) is 23.5. The summed E-state index contributed by atoms with van der Waals surface area (Å²) in [6.45, 7) is 15.4. The number of aliphatic hydroxyl groups excluding tert-OH is 1. The van der Waals surface area contributed by atoms with Crippen LogP contribution in [0.5, 0.6) is 17.2 Å². The van der Waals surface area contributed by atoms with E-state index in [-0.39, 0.29) is 17.4 Å². The van der Waals surface area contributed by atoms with Crippen LogP contribution >= 0.6 is 11.6 Å². The third-order valence-electron chi connectivity index (χ3n) is 10.7. The highest BCUT2D eigenvalue weighted by Gasteiger charge is 2.45. The van der Waals surface area contributed by atoms with Gasteiger partial charge in [0.25, 0.3) is 0 Å². The van der Waals surface area contributed by atoms with Crippen LogP contribution in [0.1, 0.15) is 103 Å². The van der Waals surface area contributed by atoms with Crippen molar-refractivity contribution in [1.82, 2.24) is 0 Å². The summed E-state index contributed by atoms with van der Waals surface area (Å²) in [7, 11) is 5.07. The molecule has 0 radical (unpaired) electrons. The van der Waals surface area contributed by atoms with Crippen LogP contribution in [0.25, 0.3) is 0 Å². The third-order valence-corrected chi connectivity index (χ3v) is 11.2. The van der Waals surface area contributed by atoms with Crippen molar-refractivity contribution in [2.45, 2.75) is 104 Å². The van der Waals surface area contributed by atoms with Gasteiger partial charge >= 0.3 is 0 Å². The Hall–Kier alpha value is -3.48. The van der Waals surface area contributed by atoms with E-state index in [1.54, 1.807) is 21.3 Å². The average Bonchev–Trinajstić information content (AvgIpc) is 3.43. The molecule has 0 saturated carbocycles. The van der Waals surface area contributed by atoms with Gasteiger partial charge in [-0.3, -0.25) is 0 Å². The van der Waals surface area contributed by atoms with Gasteiger partial charge in [0, 0.05) is 52.0 Å².